The van der Waals surface area contributed by atoms with E-state index in [4.69, 9.17) is 14.2 Å². The summed E-state index contributed by atoms with van der Waals surface area (Å²) >= 11 is 0. The van der Waals surface area contributed by atoms with Crippen molar-refractivity contribution < 1.29 is 23.8 Å². The number of hydrogen-bond acceptors (Lipinski definition) is 5. The fraction of sp³-hybridized carbons (Fsp3) is 0.259. The van der Waals surface area contributed by atoms with Gasteiger partial charge in [0, 0.05) is 30.9 Å². The molecule has 0 bridgehead atoms. The minimum absolute atomic E-state index is 0.0565. The molecule has 1 aliphatic carbocycles. The average molecular weight is 459 g/mol. The van der Waals surface area contributed by atoms with Crippen molar-refractivity contribution in [3.8, 4) is 28.4 Å². The van der Waals surface area contributed by atoms with Crippen LogP contribution in [0, 0.1) is 0 Å². The Balaban J connectivity index is 1.43. The number of anilines is 1. The number of carbonyl (C=O) groups is 2. The fourth-order valence-corrected chi connectivity index (χ4v) is 4.31. The maximum absolute atomic E-state index is 13.4. The number of nitrogens with one attached hydrogen (secondary N) is 1. The molecule has 3 aromatic rings. The van der Waals surface area contributed by atoms with Gasteiger partial charge in [0.05, 0.1) is 12.5 Å². The highest BCUT2D eigenvalue weighted by molar-refractivity contribution is 6.02. The number of benzene rings is 3. The molecule has 1 heterocycles. The maximum atomic E-state index is 13.4. The quantitative estimate of drug-likeness (QED) is 0.590. The van der Waals surface area contributed by atoms with Gasteiger partial charge in [0.15, 0.2) is 11.5 Å². The SMILES string of the molecule is COc1ccc(NC(=O)C2(c3ccc4c(c3)OCO4)CC2)cc1-c1cccc(C(=O)N(C)C)c1. The Hall–Kier alpha value is -4.00. The highest BCUT2D eigenvalue weighted by Gasteiger charge is 2.51. The number of rotatable bonds is 6. The van der Waals surface area contributed by atoms with E-state index in [1.807, 2.05) is 54.6 Å². The molecule has 34 heavy (non-hydrogen) atoms. The van der Waals surface area contributed by atoms with Crippen LogP contribution < -0.4 is 19.5 Å². The Morgan fingerprint density at radius 3 is 2.50 bits per heavy atom. The molecule has 5 rings (SSSR count). The summed E-state index contributed by atoms with van der Waals surface area (Å²) in [6.07, 6.45) is 1.55. The maximum Gasteiger partial charge on any atom is 0.253 e. The van der Waals surface area contributed by atoms with Gasteiger partial charge >= 0.3 is 0 Å². The molecule has 0 radical (unpaired) electrons. The summed E-state index contributed by atoms with van der Waals surface area (Å²) in [5, 5.41) is 3.09. The van der Waals surface area contributed by atoms with Gasteiger partial charge in [-0.1, -0.05) is 18.2 Å². The van der Waals surface area contributed by atoms with Crippen LogP contribution in [0.1, 0.15) is 28.8 Å². The van der Waals surface area contributed by atoms with Crippen LogP contribution in [0.25, 0.3) is 11.1 Å². The second-order valence-electron chi connectivity index (χ2n) is 8.80. The summed E-state index contributed by atoms with van der Waals surface area (Å²) in [5.41, 5.74) is 3.23. The third-order valence-corrected chi connectivity index (χ3v) is 6.39. The zero-order valence-electron chi connectivity index (χ0n) is 19.4. The molecule has 0 aromatic heterocycles. The van der Waals surface area contributed by atoms with Crippen molar-refractivity contribution in [2.45, 2.75) is 18.3 Å². The van der Waals surface area contributed by atoms with Gasteiger partial charge in [0.25, 0.3) is 5.91 Å². The predicted octanol–water partition coefficient (Wildman–Crippen LogP) is 4.46. The largest absolute Gasteiger partial charge is 0.496 e. The van der Waals surface area contributed by atoms with Crippen LogP contribution in [-0.4, -0.2) is 44.7 Å². The topological polar surface area (TPSA) is 77.1 Å². The van der Waals surface area contributed by atoms with Crippen molar-refractivity contribution in [3.05, 3.63) is 71.8 Å². The number of fused-ring (bicyclic) bond motifs is 1. The van der Waals surface area contributed by atoms with Gasteiger partial charge in [0.1, 0.15) is 5.75 Å². The Morgan fingerprint density at radius 1 is 0.971 bits per heavy atom. The third kappa shape index (κ3) is 3.83. The fourth-order valence-electron chi connectivity index (χ4n) is 4.31. The molecule has 7 nitrogen and oxygen atoms in total. The molecule has 174 valence electrons. The van der Waals surface area contributed by atoms with E-state index in [0.717, 1.165) is 29.5 Å². The number of hydrogen-bond donors (Lipinski definition) is 1. The van der Waals surface area contributed by atoms with Gasteiger partial charge in [-0.15, -0.1) is 0 Å². The van der Waals surface area contributed by atoms with Crippen molar-refractivity contribution in [3.63, 3.8) is 0 Å². The second kappa shape index (κ2) is 8.41. The first-order valence-electron chi connectivity index (χ1n) is 11.1. The predicted molar refractivity (Wildman–Crippen MR) is 129 cm³/mol. The lowest BCUT2D eigenvalue weighted by atomic mass is 9.94. The van der Waals surface area contributed by atoms with Crippen molar-refractivity contribution in [1.29, 1.82) is 0 Å². The summed E-state index contributed by atoms with van der Waals surface area (Å²) < 4.78 is 16.5. The monoisotopic (exact) mass is 458 g/mol. The number of carbonyl (C=O) groups excluding carboxylic acids is 2. The Kier molecular flexibility index (Phi) is 5.40. The third-order valence-electron chi connectivity index (χ3n) is 6.39. The lowest BCUT2D eigenvalue weighted by Gasteiger charge is -2.18. The molecule has 2 amide bonds. The molecule has 0 spiro atoms. The van der Waals surface area contributed by atoms with E-state index in [1.165, 1.54) is 4.90 Å². The zero-order valence-corrected chi connectivity index (χ0v) is 19.4. The van der Waals surface area contributed by atoms with Crippen molar-refractivity contribution in [1.82, 2.24) is 4.90 Å². The first kappa shape index (κ1) is 21.8. The van der Waals surface area contributed by atoms with E-state index >= 15 is 0 Å². The number of nitrogens with zero attached hydrogens (tertiary/aromatic N) is 1. The van der Waals surface area contributed by atoms with E-state index in [9.17, 15) is 9.59 Å². The number of ether oxygens (including phenoxy) is 3. The normalized spacial score (nSPS) is 14.9. The van der Waals surface area contributed by atoms with E-state index in [2.05, 4.69) is 5.32 Å². The number of methoxy groups -OCH3 is 1. The van der Waals surface area contributed by atoms with Crippen LogP contribution in [0.4, 0.5) is 5.69 Å². The van der Waals surface area contributed by atoms with Crippen molar-refractivity contribution in [2.24, 2.45) is 0 Å². The van der Waals surface area contributed by atoms with Gasteiger partial charge in [-0.25, -0.2) is 0 Å². The molecule has 1 N–H and O–H groups in total. The Labute approximate surface area is 198 Å². The summed E-state index contributed by atoms with van der Waals surface area (Å²) in [7, 11) is 5.05. The smallest absolute Gasteiger partial charge is 0.253 e. The van der Waals surface area contributed by atoms with E-state index in [-0.39, 0.29) is 18.6 Å². The van der Waals surface area contributed by atoms with Gasteiger partial charge in [-0.05, 0) is 66.4 Å². The molecule has 3 aromatic carbocycles. The van der Waals surface area contributed by atoms with Crippen LogP contribution in [0.3, 0.4) is 0 Å². The molecule has 0 unspecified atom stereocenters. The van der Waals surface area contributed by atoms with Gasteiger partial charge in [-0.3, -0.25) is 9.59 Å². The first-order valence-corrected chi connectivity index (χ1v) is 11.1. The van der Waals surface area contributed by atoms with Crippen LogP contribution in [0.2, 0.25) is 0 Å². The average Bonchev–Trinajstić information content (AvgIpc) is 3.54. The summed E-state index contributed by atoms with van der Waals surface area (Å²) in [6, 6.07) is 18.6. The minimum atomic E-state index is -0.570. The highest BCUT2D eigenvalue weighted by Crippen LogP contribution is 2.51. The molecule has 1 fully saturated rings. The van der Waals surface area contributed by atoms with Crippen LogP contribution in [0.15, 0.2) is 60.7 Å². The zero-order chi connectivity index (χ0) is 23.9. The van der Waals surface area contributed by atoms with E-state index in [1.54, 1.807) is 27.3 Å². The van der Waals surface area contributed by atoms with Gasteiger partial charge < -0.3 is 24.4 Å². The molecule has 1 aliphatic heterocycles. The second-order valence-corrected chi connectivity index (χ2v) is 8.80. The van der Waals surface area contributed by atoms with Crippen LogP contribution in [0.5, 0.6) is 17.2 Å². The summed E-state index contributed by atoms with van der Waals surface area (Å²) in [5.74, 6) is 1.90. The van der Waals surface area contributed by atoms with E-state index in [0.29, 0.717) is 28.5 Å². The standard InChI is InChI=1S/C27H26N2O5/c1-29(2)25(30)18-6-4-5-17(13-18)21-15-20(8-10-22(21)32-3)28-26(31)27(11-12-27)19-7-9-23-24(14-19)34-16-33-23/h4-10,13-15H,11-12,16H2,1-3H3,(H,28,31). The van der Waals surface area contributed by atoms with Crippen molar-refractivity contribution >= 4 is 17.5 Å². The van der Waals surface area contributed by atoms with Gasteiger partial charge in [0.2, 0.25) is 12.7 Å². The molecule has 7 heteroatoms. The minimum Gasteiger partial charge on any atom is -0.496 e. The highest BCUT2D eigenvalue weighted by atomic mass is 16.7. The van der Waals surface area contributed by atoms with E-state index < -0.39 is 5.41 Å². The summed E-state index contributed by atoms with van der Waals surface area (Å²) in [6.45, 7) is 0.202. The lowest BCUT2D eigenvalue weighted by Crippen LogP contribution is -2.27. The first-order chi connectivity index (χ1) is 16.4. The molecule has 0 saturated heterocycles. The molecule has 2 aliphatic rings. The number of amides is 2. The Morgan fingerprint density at radius 2 is 1.76 bits per heavy atom. The Bertz CT molecular complexity index is 1280. The molecular formula is C27H26N2O5. The lowest BCUT2D eigenvalue weighted by molar-refractivity contribution is -0.118. The molecular weight excluding hydrogens is 432 g/mol. The van der Waals surface area contributed by atoms with Crippen LogP contribution >= 0.6 is 0 Å². The molecule has 0 atom stereocenters. The molecule has 1 saturated carbocycles. The van der Waals surface area contributed by atoms with Crippen LogP contribution in [-0.2, 0) is 10.2 Å². The van der Waals surface area contributed by atoms with Gasteiger partial charge in [-0.2, -0.15) is 0 Å². The van der Waals surface area contributed by atoms with Crippen molar-refractivity contribution in [2.75, 3.05) is 33.3 Å². The summed E-state index contributed by atoms with van der Waals surface area (Å²) in [4.78, 5) is 27.3.